The molecule has 1 fully saturated rings. The molecule has 4 heteroatoms. The summed E-state index contributed by atoms with van der Waals surface area (Å²) < 4.78 is 15.3. The van der Waals surface area contributed by atoms with Crippen LogP contribution in [-0.4, -0.2) is 31.1 Å². The minimum Gasteiger partial charge on any atom is -0.314 e. The van der Waals surface area contributed by atoms with E-state index in [9.17, 15) is 4.39 Å². The van der Waals surface area contributed by atoms with Gasteiger partial charge in [-0.25, -0.2) is 4.39 Å². The average Bonchev–Trinajstić information content (AvgIpc) is 2.41. The van der Waals surface area contributed by atoms with Gasteiger partial charge in [0.05, 0.1) is 0 Å². The maximum Gasteiger partial charge on any atom is 0.130 e. The number of hydrogen-bond donors (Lipinski definition) is 1. The summed E-state index contributed by atoms with van der Waals surface area (Å²) in [6, 6.07) is 3.80. The van der Waals surface area contributed by atoms with E-state index in [1.165, 1.54) is 0 Å². The SMILES string of the molecule is C=CC[C@@H](c1cc(Br)cc(C)c1F)N1CCNCC1. The molecule has 0 aromatic heterocycles. The second-order valence-electron chi connectivity index (χ2n) is 4.95. The van der Waals surface area contributed by atoms with Crippen molar-refractivity contribution in [1.29, 1.82) is 0 Å². The Bertz CT molecular complexity index is 456. The third-order valence-electron chi connectivity index (χ3n) is 3.59. The van der Waals surface area contributed by atoms with E-state index < -0.39 is 0 Å². The van der Waals surface area contributed by atoms with Crippen LogP contribution >= 0.6 is 15.9 Å². The summed E-state index contributed by atoms with van der Waals surface area (Å²) in [7, 11) is 0. The predicted molar refractivity (Wildman–Crippen MR) is 80.8 cm³/mol. The highest BCUT2D eigenvalue weighted by atomic mass is 79.9. The lowest BCUT2D eigenvalue weighted by Gasteiger charge is -2.35. The topological polar surface area (TPSA) is 15.3 Å². The molecular formula is C15H20BrFN2. The Kier molecular flexibility index (Phi) is 5.13. The van der Waals surface area contributed by atoms with Crippen LogP contribution in [0.5, 0.6) is 0 Å². The zero-order valence-corrected chi connectivity index (χ0v) is 12.8. The number of aryl methyl sites for hydroxylation is 1. The highest BCUT2D eigenvalue weighted by molar-refractivity contribution is 9.10. The molecule has 1 heterocycles. The van der Waals surface area contributed by atoms with E-state index in [-0.39, 0.29) is 11.9 Å². The average molecular weight is 327 g/mol. The van der Waals surface area contributed by atoms with Gasteiger partial charge in [0.1, 0.15) is 5.82 Å². The minimum atomic E-state index is -0.0893. The van der Waals surface area contributed by atoms with Crippen molar-refractivity contribution >= 4 is 15.9 Å². The second-order valence-corrected chi connectivity index (χ2v) is 5.87. The van der Waals surface area contributed by atoms with Crippen molar-refractivity contribution in [1.82, 2.24) is 10.2 Å². The highest BCUT2D eigenvalue weighted by Crippen LogP contribution is 2.31. The van der Waals surface area contributed by atoms with Gasteiger partial charge in [0, 0.05) is 42.3 Å². The molecule has 0 bridgehead atoms. The molecule has 1 aromatic rings. The molecule has 1 N–H and O–H groups in total. The molecule has 2 rings (SSSR count). The Hall–Kier alpha value is -0.710. The van der Waals surface area contributed by atoms with Crippen LogP contribution in [0.15, 0.2) is 29.3 Å². The summed E-state index contributed by atoms with van der Waals surface area (Å²) in [6.45, 7) is 9.45. The van der Waals surface area contributed by atoms with E-state index in [2.05, 4.69) is 32.7 Å². The normalized spacial score (nSPS) is 18.3. The first-order valence-corrected chi connectivity index (χ1v) is 7.44. The maximum absolute atomic E-state index is 14.4. The third-order valence-corrected chi connectivity index (χ3v) is 4.05. The van der Waals surface area contributed by atoms with Crippen molar-refractivity contribution in [3.8, 4) is 0 Å². The van der Waals surface area contributed by atoms with Gasteiger partial charge in [0.15, 0.2) is 0 Å². The van der Waals surface area contributed by atoms with Crippen LogP contribution < -0.4 is 5.32 Å². The molecule has 0 aliphatic carbocycles. The van der Waals surface area contributed by atoms with Crippen LogP contribution in [0.2, 0.25) is 0 Å². The molecule has 1 atom stereocenters. The lowest BCUT2D eigenvalue weighted by molar-refractivity contribution is 0.171. The summed E-state index contributed by atoms with van der Waals surface area (Å²) in [5.41, 5.74) is 1.46. The molecule has 1 aliphatic heterocycles. The van der Waals surface area contributed by atoms with E-state index >= 15 is 0 Å². The molecule has 2 nitrogen and oxygen atoms in total. The molecule has 0 radical (unpaired) electrons. The zero-order chi connectivity index (χ0) is 13.8. The quantitative estimate of drug-likeness (QED) is 0.853. The van der Waals surface area contributed by atoms with Crippen LogP contribution in [-0.2, 0) is 0 Å². The summed E-state index contributed by atoms with van der Waals surface area (Å²) in [6.07, 6.45) is 2.65. The number of nitrogens with zero attached hydrogens (tertiary/aromatic N) is 1. The van der Waals surface area contributed by atoms with Crippen molar-refractivity contribution in [2.75, 3.05) is 26.2 Å². The van der Waals surface area contributed by atoms with Gasteiger partial charge in [-0.05, 0) is 31.0 Å². The fraction of sp³-hybridized carbons (Fsp3) is 0.467. The molecule has 1 aromatic carbocycles. The van der Waals surface area contributed by atoms with Gasteiger partial charge in [0.25, 0.3) is 0 Å². The Morgan fingerprint density at radius 2 is 2.16 bits per heavy atom. The molecular weight excluding hydrogens is 307 g/mol. The molecule has 0 amide bonds. The smallest absolute Gasteiger partial charge is 0.130 e. The largest absolute Gasteiger partial charge is 0.314 e. The van der Waals surface area contributed by atoms with Gasteiger partial charge in [-0.15, -0.1) is 6.58 Å². The monoisotopic (exact) mass is 326 g/mol. The molecule has 1 aliphatic rings. The van der Waals surface area contributed by atoms with Crippen LogP contribution in [0.4, 0.5) is 4.39 Å². The lowest BCUT2D eigenvalue weighted by Crippen LogP contribution is -2.45. The maximum atomic E-state index is 14.4. The lowest BCUT2D eigenvalue weighted by atomic mass is 9.98. The fourth-order valence-corrected chi connectivity index (χ4v) is 3.21. The Labute approximate surface area is 122 Å². The first-order chi connectivity index (χ1) is 9.13. The number of halogens is 2. The highest BCUT2D eigenvalue weighted by Gasteiger charge is 2.24. The van der Waals surface area contributed by atoms with Crippen LogP contribution in [0, 0.1) is 12.7 Å². The number of benzene rings is 1. The summed E-state index contributed by atoms with van der Waals surface area (Å²) in [5.74, 6) is -0.0893. The minimum absolute atomic E-state index is 0.0794. The van der Waals surface area contributed by atoms with Gasteiger partial charge in [-0.3, -0.25) is 4.90 Å². The molecule has 0 spiro atoms. The van der Waals surface area contributed by atoms with Gasteiger partial charge >= 0.3 is 0 Å². The first-order valence-electron chi connectivity index (χ1n) is 6.64. The summed E-state index contributed by atoms with van der Waals surface area (Å²) in [5, 5.41) is 3.33. The Morgan fingerprint density at radius 3 is 2.79 bits per heavy atom. The van der Waals surface area contributed by atoms with Gasteiger partial charge in [0.2, 0.25) is 0 Å². The number of piperazine rings is 1. The number of hydrogen-bond acceptors (Lipinski definition) is 2. The fourth-order valence-electron chi connectivity index (χ4n) is 2.62. The number of nitrogens with one attached hydrogen (secondary N) is 1. The standard InChI is InChI=1S/C15H20BrFN2/c1-3-4-14(19-7-5-18-6-8-19)13-10-12(16)9-11(2)15(13)17/h3,9-10,14,18H,1,4-8H2,2H3/t14-/m0/s1. The van der Waals surface area contributed by atoms with E-state index in [4.69, 9.17) is 0 Å². The van der Waals surface area contributed by atoms with Crippen LogP contribution in [0.25, 0.3) is 0 Å². The second kappa shape index (κ2) is 6.64. The van der Waals surface area contributed by atoms with E-state index in [0.717, 1.165) is 42.6 Å². The number of rotatable bonds is 4. The summed E-state index contributed by atoms with van der Waals surface area (Å²) >= 11 is 3.47. The Morgan fingerprint density at radius 1 is 1.47 bits per heavy atom. The van der Waals surface area contributed by atoms with Crippen molar-refractivity contribution in [2.24, 2.45) is 0 Å². The van der Waals surface area contributed by atoms with Gasteiger partial charge in [-0.1, -0.05) is 22.0 Å². The van der Waals surface area contributed by atoms with Crippen molar-refractivity contribution in [3.05, 3.63) is 46.2 Å². The first kappa shape index (κ1) is 14.7. The molecule has 19 heavy (non-hydrogen) atoms. The van der Waals surface area contributed by atoms with E-state index in [1.807, 2.05) is 25.1 Å². The predicted octanol–water partition coefficient (Wildman–Crippen LogP) is 3.42. The molecule has 0 saturated carbocycles. The van der Waals surface area contributed by atoms with Crippen molar-refractivity contribution < 1.29 is 4.39 Å². The third kappa shape index (κ3) is 3.44. The van der Waals surface area contributed by atoms with Crippen LogP contribution in [0.1, 0.15) is 23.6 Å². The molecule has 104 valence electrons. The van der Waals surface area contributed by atoms with Crippen molar-refractivity contribution in [3.63, 3.8) is 0 Å². The van der Waals surface area contributed by atoms with E-state index in [0.29, 0.717) is 5.56 Å². The van der Waals surface area contributed by atoms with Gasteiger partial charge < -0.3 is 5.32 Å². The Balaban J connectivity index is 2.34. The zero-order valence-electron chi connectivity index (χ0n) is 11.3. The summed E-state index contributed by atoms with van der Waals surface area (Å²) in [4.78, 5) is 2.34. The molecule has 1 saturated heterocycles. The van der Waals surface area contributed by atoms with E-state index in [1.54, 1.807) is 0 Å². The van der Waals surface area contributed by atoms with Gasteiger partial charge in [-0.2, -0.15) is 0 Å². The van der Waals surface area contributed by atoms with Crippen LogP contribution in [0.3, 0.4) is 0 Å². The molecule has 0 unspecified atom stereocenters. The van der Waals surface area contributed by atoms with Crippen molar-refractivity contribution in [2.45, 2.75) is 19.4 Å².